The van der Waals surface area contributed by atoms with E-state index in [1.54, 1.807) is 6.92 Å². The number of hydrogen-bond donors (Lipinski definition) is 1. The highest BCUT2D eigenvalue weighted by Crippen LogP contribution is 2.17. The number of hydrogen-bond acceptors (Lipinski definition) is 6. The molecule has 0 saturated carbocycles. The van der Waals surface area contributed by atoms with Gasteiger partial charge < -0.3 is 14.2 Å². The monoisotopic (exact) mass is 343 g/mol. The van der Waals surface area contributed by atoms with Gasteiger partial charge >= 0.3 is 5.97 Å². The van der Waals surface area contributed by atoms with Gasteiger partial charge in [-0.15, -0.1) is 0 Å². The molecule has 1 heterocycles. The molecule has 0 unspecified atom stereocenters. The van der Waals surface area contributed by atoms with Crippen molar-refractivity contribution in [3.63, 3.8) is 0 Å². The molecule has 1 fully saturated rings. The van der Waals surface area contributed by atoms with Crippen molar-refractivity contribution in [1.29, 1.82) is 0 Å². The number of ether oxygens (including phenoxy) is 3. The molecule has 0 radical (unpaired) electrons. The highest BCUT2D eigenvalue weighted by Gasteiger charge is 2.20. The largest absolute Gasteiger partial charge is 0.482 e. The number of benzene rings is 1. The molecule has 1 aliphatic heterocycles. The minimum Gasteiger partial charge on any atom is -0.482 e. The van der Waals surface area contributed by atoms with Crippen LogP contribution in [0.5, 0.6) is 5.75 Å². The highest BCUT2D eigenvalue weighted by atomic mass is 32.2. The Morgan fingerprint density at radius 3 is 2.70 bits per heavy atom. The van der Waals surface area contributed by atoms with Crippen molar-refractivity contribution < 1.29 is 27.4 Å². The summed E-state index contributed by atoms with van der Waals surface area (Å²) in [4.78, 5) is 11.3. The second-order valence-electron chi connectivity index (χ2n) is 5.05. The first-order chi connectivity index (χ1) is 11.0. The summed E-state index contributed by atoms with van der Waals surface area (Å²) in [6, 6.07) is 5.86. The minimum atomic E-state index is -3.58. The predicted octanol–water partition coefficient (Wildman–Crippen LogP) is 1.09. The lowest BCUT2D eigenvalue weighted by Gasteiger charge is -2.12. The average molecular weight is 343 g/mol. The van der Waals surface area contributed by atoms with Gasteiger partial charge in [0, 0.05) is 13.2 Å². The van der Waals surface area contributed by atoms with Crippen LogP contribution in [0.25, 0.3) is 0 Å². The molecule has 1 atom stereocenters. The molecule has 128 valence electrons. The molecule has 0 bridgehead atoms. The van der Waals surface area contributed by atoms with Crippen molar-refractivity contribution in [3.8, 4) is 5.75 Å². The smallest absolute Gasteiger partial charge is 0.344 e. The van der Waals surface area contributed by atoms with Crippen molar-refractivity contribution in [1.82, 2.24) is 4.72 Å². The standard InChI is InChI=1S/C15H21NO6S/c1-2-20-15(17)11-22-12-5-7-14(8-6-12)23(18,19)16-10-13-4-3-9-21-13/h5-8,13,16H,2-4,9-11H2,1H3/t13-/m1/s1. The van der Waals surface area contributed by atoms with Crippen LogP contribution in [0, 0.1) is 0 Å². The summed E-state index contributed by atoms with van der Waals surface area (Å²) in [5, 5.41) is 0. The van der Waals surface area contributed by atoms with Gasteiger partial charge in [0.1, 0.15) is 5.75 Å². The van der Waals surface area contributed by atoms with Crippen molar-refractivity contribution in [2.75, 3.05) is 26.4 Å². The molecule has 0 amide bonds. The Kier molecular flexibility index (Phi) is 6.37. The van der Waals surface area contributed by atoms with Crippen LogP contribution in [0.4, 0.5) is 0 Å². The molecule has 1 aliphatic rings. The molecule has 0 aromatic heterocycles. The Bertz CT molecular complexity index is 607. The van der Waals surface area contributed by atoms with Gasteiger partial charge in [-0.25, -0.2) is 17.9 Å². The van der Waals surface area contributed by atoms with Gasteiger partial charge in [0.2, 0.25) is 10.0 Å². The first-order valence-electron chi connectivity index (χ1n) is 7.51. The van der Waals surface area contributed by atoms with E-state index in [2.05, 4.69) is 4.72 Å². The number of carbonyl (C=O) groups excluding carboxylic acids is 1. The zero-order valence-corrected chi connectivity index (χ0v) is 13.8. The van der Waals surface area contributed by atoms with Crippen LogP contribution in [0.1, 0.15) is 19.8 Å². The summed E-state index contributed by atoms with van der Waals surface area (Å²) in [5.41, 5.74) is 0. The molecule has 7 nitrogen and oxygen atoms in total. The van der Waals surface area contributed by atoms with E-state index in [0.717, 1.165) is 12.8 Å². The van der Waals surface area contributed by atoms with Gasteiger partial charge in [0.25, 0.3) is 0 Å². The van der Waals surface area contributed by atoms with E-state index in [1.807, 2.05) is 0 Å². The van der Waals surface area contributed by atoms with Gasteiger partial charge in [0.05, 0.1) is 17.6 Å². The number of sulfonamides is 1. The minimum absolute atomic E-state index is 0.0584. The molecule has 1 aromatic carbocycles. The van der Waals surface area contributed by atoms with Crippen LogP contribution in [0.2, 0.25) is 0 Å². The molecular weight excluding hydrogens is 322 g/mol. The van der Waals surface area contributed by atoms with Crippen molar-refractivity contribution >= 4 is 16.0 Å². The fourth-order valence-electron chi connectivity index (χ4n) is 2.15. The van der Waals surface area contributed by atoms with E-state index in [-0.39, 0.29) is 30.8 Å². The van der Waals surface area contributed by atoms with Gasteiger partial charge in [-0.05, 0) is 44.0 Å². The van der Waals surface area contributed by atoms with Crippen molar-refractivity contribution in [2.24, 2.45) is 0 Å². The highest BCUT2D eigenvalue weighted by molar-refractivity contribution is 7.89. The number of carbonyl (C=O) groups is 1. The summed E-state index contributed by atoms with van der Waals surface area (Å²) in [6.07, 6.45) is 1.76. The van der Waals surface area contributed by atoms with Gasteiger partial charge in [0.15, 0.2) is 6.61 Å². The summed E-state index contributed by atoms with van der Waals surface area (Å²) in [6.45, 7) is 2.73. The maximum Gasteiger partial charge on any atom is 0.344 e. The van der Waals surface area contributed by atoms with Gasteiger partial charge in [-0.2, -0.15) is 0 Å². The second kappa shape index (κ2) is 8.28. The lowest BCUT2D eigenvalue weighted by atomic mass is 10.2. The fraction of sp³-hybridized carbons (Fsp3) is 0.533. The Labute approximate surface area is 136 Å². The van der Waals surface area contributed by atoms with Crippen molar-refractivity contribution in [2.45, 2.75) is 30.8 Å². The van der Waals surface area contributed by atoms with Crippen molar-refractivity contribution in [3.05, 3.63) is 24.3 Å². The number of nitrogens with one attached hydrogen (secondary N) is 1. The maximum absolute atomic E-state index is 12.2. The van der Waals surface area contributed by atoms with Crippen LogP contribution in [0.15, 0.2) is 29.2 Å². The Morgan fingerprint density at radius 1 is 1.35 bits per heavy atom. The molecule has 2 rings (SSSR count). The summed E-state index contributed by atoms with van der Waals surface area (Å²) in [5.74, 6) is -0.0708. The van der Waals surface area contributed by atoms with Crippen LogP contribution in [-0.2, 0) is 24.3 Å². The molecule has 1 aromatic rings. The van der Waals surface area contributed by atoms with Crippen LogP contribution in [-0.4, -0.2) is 46.9 Å². The quantitative estimate of drug-likeness (QED) is 0.711. The topological polar surface area (TPSA) is 90.9 Å². The lowest BCUT2D eigenvalue weighted by Crippen LogP contribution is -2.31. The SMILES string of the molecule is CCOC(=O)COc1ccc(S(=O)(=O)NC[C@H]2CCCO2)cc1. The molecule has 0 aliphatic carbocycles. The van der Waals surface area contributed by atoms with Gasteiger partial charge in [-0.1, -0.05) is 0 Å². The first-order valence-corrected chi connectivity index (χ1v) is 8.99. The maximum atomic E-state index is 12.2. The lowest BCUT2D eigenvalue weighted by molar-refractivity contribution is -0.145. The summed E-state index contributed by atoms with van der Waals surface area (Å²) >= 11 is 0. The van der Waals surface area contributed by atoms with E-state index >= 15 is 0 Å². The van der Waals surface area contributed by atoms with Crippen LogP contribution >= 0.6 is 0 Å². The van der Waals surface area contributed by atoms with E-state index < -0.39 is 16.0 Å². The van der Waals surface area contributed by atoms with Gasteiger partial charge in [-0.3, -0.25) is 0 Å². The molecular formula is C15H21NO6S. The summed E-state index contributed by atoms with van der Waals surface area (Å²) in [7, 11) is -3.58. The Balaban J connectivity index is 1.88. The molecule has 1 saturated heterocycles. The molecule has 0 spiro atoms. The second-order valence-corrected chi connectivity index (χ2v) is 6.82. The first kappa shape index (κ1) is 17.7. The van der Waals surface area contributed by atoms with E-state index in [0.29, 0.717) is 12.4 Å². The Hall–Kier alpha value is -1.64. The normalized spacial score (nSPS) is 17.9. The number of rotatable bonds is 8. The van der Waals surface area contributed by atoms with E-state index in [9.17, 15) is 13.2 Å². The Morgan fingerprint density at radius 2 is 2.09 bits per heavy atom. The third kappa shape index (κ3) is 5.49. The molecule has 8 heteroatoms. The van der Waals surface area contributed by atoms with Crippen LogP contribution < -0.4 is 9.46 Å². The predicted molar refractivity (Wildman–Crippen MR) is 82.7 cm³/mol. The molecule has 1 N–H and O–H groups in total. The van der Waals surface area contributed by atoms with E-state index in [1.165, 1.54) is 24.3 Å². The fourth-order valence-corrected chi connectivity index (χ4v) is 3.22. The zero-order chi connectivity index (χ0) is 16.7. The van der Waals surface area contributed by atoms with E-state index in [4.69, 9.17) is 14.2 Å². The van der Waals surface area contributed by atoms with Crippen LogP contribution in [0.3, 0.4) is 0 Å². The average Bonchev–Trinajstić information content (AvgIpc) is 3.05. The third-order valence-corrected chi connectivity index (χ3v) is 4.76. The number of esters is 1. The molecule has 23 heavy (non-hydrogen) atoms. The third-order valence-electron chi connectivity index (χ3n) is 3.32. The summed E-state index contributed by atoms with van der Waals surface area (Å²) < 4.78 is 42.2. The zero-order valence-electron chi connectivity index (χ0n) is 13.0.